The predicted molar refractivity (Wildman–Crippen MR) is 107 cm³/mol. The highest BCUT2D eigenvalue weighted by molar-refractivity contribution is 7.99. The maximum atomic E-state index is 15.1. The number of nitrogens with two attached hydrogens (primary N) is 1. The van der Waals surface area contributed by atoms with Gasteiger partial charge in [-0.2, -0.15) is 0 Å². The molecule has 0 radical (unpaired) electrons. The van der Waals surface area contributed by atoms with Crippen LogP contribution in [0.2, 0.25) is 0 Å². The van der Waals surface area contributed by atoms with Crippen LogP contribution in [0.25, 0.3) is 5.57 Å². The van der Waals surface area contributed by atoms with Gasteiger partial charge in [-0.05, 0) is 65.9 Å². The van der Waals surface area contributed by atoms with Crippen molar-refractivity contribution in [3.8, 4) is 0 Å². The number of primary amides is 1. The number of fused-ring (bicyclic) bond motifs is 1. The second-order valence-electron chi connectivity index (χ2n) is 6.56. The lowest BCUT2D eigenvalue weighted by atomic mass is 9.85. The molecule has 4 rings (SSSR count). The standard InChI is InChI=1S/C23H17F2NOS/c24-15-6-4-7-16(12-15)28-17-11-14-5-3-10-19(22(14)21(25)13-17)18-8-1-2-9-20(18)23(26)27/h1-2,4,6-13H,3,5H2,(H2,26,27). The molecule has 2 nitrogen and oxygen atoms in total. The largest absolute Gasteiger partial charge is 0.366 e. The average molecular weight is 393 g/mol. The number of amides is 1. The maximum Gasteiger partial charge on any atom is 0.249 e. The normalized spacial score (nSPS) is 13.0. The molecule has 0 bridgehead atoms. The van der Waals surface area contributed by atoms with Crippen LogP contribution in [0.15, 0.2) is 76.5 Å². The van der Waals surface area contributed by atoms with Crippen LogP contribution in [0.1, 0.15) is 33.5 Å². The van der Waals surface area contributed by atoms with Gasteiger partial charge in [-0.25, -0.2) is 8.78 Å². The van der Waals surface area contributed by atoms with E-state index in [2.05, 4.69) is 0 Å². The Balaban J connectivity index is 1.76. The summed E-state index contributed by atoms with van der Waals surface area (Å²) in [4.78, 5) is 13.2. The Labute approximate surface area is 166 Å². The fraction of sp³-hybridized carbons (Fsp3) is 0.0870. The van der Waals surface area contributed by atoms with E-state index in [1.165, 1.54) is 30.0 Å². The topological polar surface area (TPSA) is 43.1 Å². The van der Waals surface area contributed by atoms with E-state index in [0.717, 1.165) is 12.0 Å². The zero-order chi connectivity index (χ0) is 19.7. The molecule has 0 unspecified atom stereocenters. The number of carbonyl (C=O) groups is 1. The van der Waals surface area contributed by atoms with Crippen molar-refractivity contribution in [2.45, 2.75) is 22.6 Å². The van der Waals surface area contributed by atoms with Gasteiger partial charge in [0.05, 0.1) is 0 Å². The van der Waals surface area contributed by atoms with Crippen LogP contribution in [0.5, 0.6) is 0 Å². The Morgan fingerprint density at radius 1 is 0.964 bits per heavy atom. The molecular formula is C23H17F2NOS. The van der Waals surface area contributed by atoms with E-state index >= 15 is 4.39 Å². The Morgan fingerprint density at radius 2 is 1.79 bits per heavy atom. The minimum atomic E-state index is -0.540. The van der Waals surface area contributed by atoms with Crippen LogP contribution >= 0.6 is 11.8 Å². The average Bonchev–Trinajstić information content (AvgIpc) is 2.67. The van der Waals surface area contributed by atoms with E-state index in [4.69, 9.17) is 5.73 Å². The van der Waals surface area contributed by atoms with Gasteiger partial charge in [0.25, 0.3) is 0 Å². The minimum Gasteiger partial charge on any atom is -0.366 e. The highest BCUT2D eigenvalue weighted by atomic mass is 32.2. The van der Waals surface area contributed by atoms with Crippen molar-refractivity contribution in [2.24, 2.45) is 5.73 Å². The molecule has 0 fully saturated rings. The van der Waals surface area contributed by atoms with Crippen molar-refractivity contribution in [1.29, 1.82) is 0 Å². The first kappa shape index (κ1) is 18.4. The molecule has 140 valence electrons. The van der Waals surface area contributed by atoms with Gasteiger partial charge in [0.15, 0.2) is 0 Å². The molecule has 0 aromatic heterocycles. The van der Waals surface area contributed by atoms with E-state index in [1.54, 1.807) is 30.3 Å². The summed E-state index contributed by atoms with van der Waals surface area (Å²) in [6, 6.07) is 16.6. The molecule has 0 saturated carbocycles. The number of aryl methyl sites for hydroxylation is 1. The third-order valence-electron chi connectivity index (χ3n) is 4.69. The third kappa shape index (κ3) is 3.58. The Hall–Kier alpha value is -2.92. The van der Waals surface area contributed by atoms with Gasteiger partial charge in [-0.1, -0.05) is 42.1 Å². The van der Waals surface area contributed by atoms with Crippen molar-refractivity contribution in [1.82, 2.24) is 0 Å². The molecule has 3 aromatic carbocycles. The van der Waals surface area contributed by atoms with Crippen molar-refractivity contribution in [3.05, 3.63) is 101 Å². The number of allylic oxidation sites excluding steroid dienone is 1. The first-order chi connectivity index (χ1) is 13.5. The summed E-state index contributed by atoms with van der Waals surface area (Å²) in [6.07, 6.45) is 3.39. The lowest BCUT2D eigenvalue weighted by molar-refractivity contribution is 0.1000. The van der Waals surface area contributed by atoms with E-state index < -0.39 is 5.91 Å². The van der Waals surface area contributed by atoms with E-state index in [9.17, 15) is 9.18 Å². The summed E-state index contributed by atoms with van der Waals surface area (Å²) in [5.41, 5.74) is 8.59. The van der Waals surface area contributed by atoms with Crippen molar-refractivity contribution in [2.75, 3.05) is 0 Å². The van der Waals surface area contributed by atoms with Crippen molar-refractivity contribution in [3.63, 3.8) is 0 Å². The van der Waals surface area contributed by atoms with Crippen molar-refractivity contribution < 1.29 is 13.6 Å². The lowest BCUT2D eigenvalue weighted by Gasteiger charge is -2.21. The van der Waals surface area contributed by atoms with Gasteiger partial charge in [0.1, 0.15) is 11.6 Å². The second kappa shape index (κ2) is 7.60. The smallest absolute Gasteiger partial charge is 0.249 e. The molecule has 0 spiro atoms. The summed E-state index contributed by atoms with van der Waals surface area (Å²) in [5.74, 6) is -1.22. The number of carbonyl (C=O) groups excluding carboxylic acids is 1. The zero-order valence-corrected chi connectivity index (χ0v) is 15.7. The Kier molecular flexibility index (Phi) is 5.01. The summed E-state index contributed by atoms with van der Waals surface area (Å²) in [6.45, 7) is 0. The summed E-state index contributed by atoms with van der Waals surface area (Å²) < 4.78 is 28.6. The fourth-order valence-corrected chi connectivity index (χ4v) is 4.47. The molecule has 1 amide bonds. The summed E-state index contributed by atoms with van der Waals surface area (Å²) >= 11 is 1.32. The summed E-state index contributed by atoms with van der Waals surface area (Å²) in [7, 11) is 0. The van der Waals surface area contributed by atoms with Gasteiger partial charge in [-0.3, -0.25) is 4.79 Å². The third-order valence-corrected chi connectivity index (χ3v) is 5.65. The zero-order valence-electron chi connectivity index (χ0n) is 14.9. The Morgan fingerprint density at radius 3 is 2.57 bits per heavy atom. The van der Waals surface area contributed by atoms with Gasteiger partial charge >= 0.3 is 0 Å². The maximum absolute atomic E-state index is 15.1. The molecule has 3 aromatic rings. The number of hydrogen-bond donors (Lipinski definition) is 1. The molecule has 2 N–H and O–H groups in total. The molecule has 5 heteroatoms. The number of benzene rings is 3. The predicted octanol–water partition coefficient (Wildman–Crippen LogP) is 5.59. The number of hydrogen-bond acceptors (Lipinski definition) is 2. The molecule has 0 aliphatic heterocycles. The van der Waals surface area contributed by atoms with Gasteiger partial charge in [0, 0.05) is 20.9 Å². The van der Waals surface area contributed by atoms with E-state index in [0.29, 0.717) is 38.5 Å². The first-order valence-corrected chi connectivity index (χ1v) is 9.70. The number of rotatable bonds is 4. The summed E-state index contributed by atoms with van der Waals surface area (Å²) in [5, 5.41) is 0. The van der Waals surface area contributed by atoms with Gasteiger partial charge in [-0.15, -0.1) is 0 Å². The molecule has 0 saturated heterocycles. The van der Waals surface area contributed by atoms with Crippen LogP contribution < -0.4 is 5.73 Å². The monoisotopic (exact) mass is 393 g/mol. The molecule has 28 heavy (non-hydrogen) atoms. The fourth-order valence-electron chi connectivity index (χ4n) is 3.51. The number of halogens is 2. The van der Waals surface area contributed by atoms with Crippen molar-refractivity contribution >= 4 is 23.2 Å². The molecule has 1 aliphatic rings. The first-order valence-electron chi connectivity index (χ1n) is 8.88. The molecule has 0 heterocycles. The van der Waals surface area contributed by atoms with Crippen LogP contribution in [0.4, 0.5) is 8.78 Å². The van der Waals surface area contributed by atoms with Crippen LogP contribution in [-0.4, -0.2) is 5.91 Å². The highest BCUT2D eigenvalue weighted by Crippen LogP contribution is 2.38. The lowest BCUT2D eigenvalue weighted by Crippen LogP contribution is -2.15. The minimum absolute atomic E-state index is 0.322. The molecule has 1 aliphatic carbocycles. The van der Waals surface area contributed by atoms with Crippen LogP contribution in [0, 0.1) is 11.6 Å². The molecule has 0 atom stereocenters. The van der Waals surface area contributed by atoms with E-state index in [-0.39, 0.29) is 11.6 Å². The molecular weight excluding hydrogens is 376 g/mol. The van der Waals surface area contributed by atoms with Gasteiger partial charge in [0.2, 0.25) is 5.91 Å². The quantitative estimate of drug-likeness (QED) is 0.628. The van der Waals surface area contributed by atoms with Crippen LogP contribution in [-0.2, 0) is 6.42 Å². The van der Waals surface area contributed by atoms with E-state index in [1.807, 2.05) is 18.2 Å². The SMILES string of the molecule is NC(=O)c1ccccc1C1=CCCc2cc(Sc3cccc(F)c3)cc(F)c21. The van der Waals surface area contributed by atoms with Gasteiger partial charge < -0.3 is 5.73 Å². The second-order valence-corrected chi connectivity index (χ2v) is 7.71. The Bertz CT molecular complexity index is 1110. The van der Waals surface area contributed by atoms with Crippen LogP contribution in [0.3, 0.4) is 0 Å². The highest BCUT2D eigenvalue weighted by Gasteiger charge is 2.22.